The number of ether oxygens (including phenoxy) is 3. The number of benzene rings is 3. The predicted octanol–water partition coefficient (Wildman–Crippen LogP) is 7.29. The van der Waals surface area contributed by atoms with Gasteiger partial charge in [-0.05, 0) is 75.2 Å². The Morgan fingerprint density at radius 1 is 0.818 bits per heavy atom. The van der Waals surface area contributed by atoms with Crippen LogP contribution in [0.5, 0.6) is 11.5 Å². The Balaban J connectivity index is 2.10. The summed E-state index contributed by atoms with van der Waals surface area (Å²) >= 11 is 0. The summed E-state index contributed by atoms with van der Waals surface area (Å²) in [5.41, 5.74) is 1.94. The zero-order valence-corrected chi connectivity index (χ0v) is 28.1. The van der Waals surface area contributed by atoms with Crippen molar-refractivity contribution in [2.24, 2.45) is 0 Å². The molecule has 0 bridgehead atoms. The maximum absolute atomic E-state index is 7.24. The zero-order chi connectivity index (χ0) is 32.0. The lowest BCUT2D eigenvalue weighted by atomic mass is 9.80. The van der Waals surface area contributed by atoms with Gasteiger partial charge >= 0.3 is 0 Å². The average molecular weight is 622 g/mol. The van der Waals surface area contributed by atoms with Crippen LogP contribution in [0.4, 0.5) is 0 Å². The summed E-state index contributed by atoms with van der Waals surface area (Å²) in [6.45, 7) is 20.1. The highest BCUT2D eigenvalue weighted by molar-refractivity contribution is 7.44. The fourth-order valence-electron chi connectivity index (χ4n) is 5.14. The fourth-order valence-corrected chi connectivity index (χ4v) is 6.83. The molecule has 0 fully saturated rings. The monoisotopic (exact) mass is 621 g/mol. The number of nitrogens with zero attached hydrogens (tertiary/aromatic N) is 2. The van der Waals surface area contributed by atoms with Gasteiger partial charge in [0, 0.05) is 18.6 Å². The second-order valence-electron chi connectivity index (χ2n) is 10.9. The lowest BCUT2D eigenvalue weighted by Gasteiger charge is -2.39. The van der Waals surface area contributed by atoms with Crippen molar-refractivity contribution in [3.63, 3.8) is 0 Å². The smallest absolute Gasteiger partial charge is 0.259 e. The van der Waals surface area contributed by atoms with E-state index in [2.05, 4.69) is 85.8 Å². The van der Waals surface area contributed by atoms with Crippen molar-refractivity contribution < 1.29 is 23.3 Å². The topological polar surface area (TPSA) is 65.8 Å². The summed E-state index contributed by atoms with van der Waals surface area (Å²) in [6.07, 6.45) is -0.339. The summed E-state index contributed by atoms with van der Waals surface area (Å²) < 4.78 is 33.4. The minimum absolute atomic E-state index is 0.191. The Morgan fingerprint density at radius 3 is 1.80 bits per heavy atom. The summed E-state index contributed by atoms with van der Waals surface area (Å²) in [5.74, 6) is 1.53. The van der Waals surface area contributed by atoms with E-state index in [0.29, 0.717) is 13.2 Å². The molecule has 2 unspecified atom stereocenters. The van der Waals surface area contributed by atoms with Gasteiger partial charge in [0.05, 0.1) is 20.8 Å². The highest BCUT2D eigenvalue weighted by atomic mass is 31.2. The number of methoxy groups -OCH3 is 2. The lowest BCUT2D eigenvalue weighted by Crippen LogP contribution is -2.41. The molecular formula is C35H48N3O5P. The van der Waals surface area contributed by atoms with E-state index >= 15 is 0 Å². The Hall–Kier alpha value is -3.02. The summed E-state index contributed by atoms with van der Waals surface area (Å²) in [6, 6.07) is 26.7. The zero-order valence-electron chi connectivity index (χ0n) is 27.2. The minimum Gasteiger partial charge on any atom is -0.497 e. The highest BCUT2D eigenvalue weighted by Gasteiger charge is 2.39. The van der Waals surface area contributed by atoms with Crippen LogP contribution in [-0.4, -0.2) is 69.9 Å². The van der Waals surface area contributed by atoms with Crippen LogP contribution >= 0.6 is 8.53 Å². The Bertz CT molecular complexity index is 1210. The maximum Gasteiger partial charge on any atom is 0.259 e. The van der Waals surface area contributed by atoms with E-state index in [9.17, 15) is 0 Å². The molecule has 3 rings (SSSR count). The van der Waals surface area contributed by atoms with Gasteiger partial charge in [-0.1, -0.05) is 61.5 Å². The molecule has 44 heavy (non-hydrogen) atoms. The maximum atomic E-state index is 7.24. The number of rotatable bonds is 19. The molecule has 0 aromatic heterocycles. The molecule has 9 heteroatoms. The van der Waals surface area contributed by atoms with Crippen molar-refractivity contribution in [3.05, 3.63) is 107 Å². The molecule has 1 N–H and O–H groups in total. The van der Waals surface area contributed by atoms with Crippen LogP contribution < -0.4 is 14.8 Å². The summed E-state index contributed by atoms with van der Waals surface area (Å²) in [4.78, 5) is 3.49. The van der Waals surface area contributed by atoms with Crippen molar-refractivity contribution in [2.75, 3.05) is 47.1 Å². The fraction of sp³-hybridized carbons (Fsp3) is 0.457. The Morgan fingerprint density at radius 2 is 1.34 bits per heavy atom. The Labute approximate surface area is 265 Å². The number of hydrogen-bond donors (Lipinski definition) is 1. The van der Waals surface area contributed by atoms with Crippen LogP contribution in [0, 0.1) is 6.57 Å². The SMILES string of the molecule is [C-]#[N+]CCOP(OC(CNCC)COC(c1ccccc1)(c1ccc(OC)cc1)c1ccc(OC)cc1)N(C(C)C)C(C)C. The highest BCUT2D eigenvalue weighted by Crippen LogP contribution is 2.48. The number of nitrogens with one attached hydrogen (secondary N) is 1. The predicted molar refractivity (Wildman–Crippen MR) is 178 cm³/mol. The van der Waals surface area contributed by atoms with Gasteiger partial charge in [0.1, 0.15) is 29.8 Å². The first-order valence-electron chi connectivity index (χ1n) is 15.2. The van der Waals surface area contributed by atoms with Crippen LogP contribution in [-0.2, 0) is 19.4 Å². The molecule has 0 aliphatic carbocycles. The van der Waals surface area contributed by atoms with E-state index in [0.717, 1.165) is 34.7 Å². The van der Waals surface area contributed by atoms with Crippen molar-refractivity contribution in [1.82, 2.24) is 9.99 Å². The van der Waals surface area contributed by atoms with E-state index < -0.39 is 14.1 Å². The summed E-state index contributed by atoms with van der Waals surface area (Å²) in [7, 11) is 1.87. The quantitative estimate of drug-likeness (QED) is 0.0653. The van der Waals surface area contributed by atoms with Crippen LogP contribution in [0.2, 0.25) is 0 Å². The number of hydrogen-bond acceptors (Lipinski definition) is 7. The molecule has 3 aromatic rings. The average Bonchev–Trinajstić information content (AvgIpc) is 3.04. The molecule has 0 radical (unpaired) electrons. The van der Waals surface area contributed by atoms with Crippen molar-refractivity contribution in [1.29, 1.82) is 0 Å². The molecule has 2 atom stereocenters. The van der Waals surface area contributed by atoms with Gasteiger partial charge in [-0.2, -0.15) is 0 Å². The Kier molecular flexibility index (Phi) is 14.6. The first kappa shape index (κ1) is 35.5. The van der Waals surface area contributed by atoms with E-state index in [1.165, 1.54) is 0 Å². The molecular weight excluding hydrogens is 573 g/mol. The molecule has 0 aliphatic rings. The van der Waals surface area contributed by atoms with E-state index in [-0.39, 0.29) is 31.3 Å². The number of likely N-dealkylation sites (N-methyl/N-ethyl adjacent to an activating group) is 1. The first-order chi connectivity index (χ1) is 21.3. The van der Waals surface area contributed by atoms with Gasteiger partial charge in [-0.25, -0.2) is 11.2 Å². The van der Waals surface area contributed by atoms with E-state index in [1.54, 1.807) is 14.2 Å². The molecule has 0 saturated heterocycles. The molecule has 0 heterocycles. The molecule has 0 amide bonds. The molecule has 8 nitrogen and oxygen atoms in total. The van der Waals surface area contributed by atoms with Crippen LogP contribution in [0.15, 0.2) is 78.9 Å². The third-order valence-corrected chi connectivity index (χ3v) is 9.35. The van der Waals surface area contributed by atoms with Gasteiger partial charge < -0.3 is 33.4 Å². The molecule has 238 valence electrons. The lowest BCUT2D eigenvalue weighted by molar-refractivity contribution is -0.0335. The van der Waals surface area contributed by atoms with Crippen LogP contribution in [0.1, 0.15) is 51.3 Å². The van der Waals surface area contributed by atoms with E-state index in [4.69, 9.17) is 29.8 Å². The van der Waals surface area contributed by atoms with Crippen LogP contribution in [0.3, 0.4) is 0 Å². The normalized spacial score (nSPS) is 13.2. The van der Waals surface area contributed by atoms with Crippen molar-refractivity contribution in [2.45, 2.75) is 58.4 Å². The van der Waals surface area contributed by atoms with Crippen molar-refractivity contribution >= 4 is 8.53 Å². The molecule has 0 saturated carbocycles. The third kappa shape index (κ3) is 9.25. The van der Waals surface area contributed by atoms with Crippen molar-refractivity contribution in [3.8, 4) is 11.5 Å². The van der Waals surface area contributed by atoms with Crippen LogP contribution in [0.25, 0.3) is 4.85 Å². The largest absolute Gasteiger partial charge is 0.497 e. The van der Waals surface area contributed by atoms with Gasteiger partial charge in [0.2, 0.25) is 6.54 Å². The second-order valence-corrected chi connectivity index (χ2v) is 12.3. The molecule has 0 spiro atoms. The van der Waals surface area contributed by atoms with E-state index in [1.807, 2.05) is 42.5 Å². The second kappa shape index (κ2) is 18.1. The third-order valence-electron chi connectivity index (χ3n) is 7.17. The molecule has 0 aliphatic heterocycles. The minimum atomic E-state index is -1.46. The van der Waals surface area contributed by atoms with Gasteiger partial charge in [0.15, 0.2) is 0 Å². The van der Waals surface area contributed by atoms with Gasteiger partial charge in [-0.3, -0.25) is 0 Å². The standard InChI is InChI=1S/C35H48N3O5P/c1-9-37-25-34(43-44(42-24-23-36-6)38(27(2)3)28(4)5)26-41-35(29-13-11-10-12-14-29,30-15-19-32(39-7)20-16-30)31-17-21-33(40-8)22-18-31/h10-22,27-28,34,37H,9,23-26H2,1-5,7-8H3. The van der Waals surface area contributed by atoms with Gasteiger partial charge in [-0.15, -0.1) is 0 Å². The summed E-state index contributed by atoms with van der Waals surface area (Å²) in [5, 5.41) is 3.45. The van der Waals surface area contributed by atoms with Gasteiger partial charge in [0.25, 0.3) is 8.53 Å². The molecule has 3 aromatic carbocycles. The first-order valence-corrected chi connectivity index (χ1v) is 16.3.